The standard InChI is InChI=1S/C27H35ClN2O4S/c1-33-26-13-6-20(28)18-27(26)35(31,32)29-21-7-9-22(10-8-21)30-16-14-19(15-17-30)24-4-2-3-5-25(24)34-23-11-12-23/h2-6,13,18-19,21-23,29H,7-12,14-17H2,1H3/t21-,22-. The molecule has 0 spiro atoms. The van der Waals surface area contributed by atoms with E-state index in [-0.39, 0.29) is 10.9 Å². The number of likely N-dealkylation sites (tertiary alicyclic amines) is 1. The van der Waals surface area contributed by atoms with E-state index in [1.54, 1.807) is 12.1 Å². The molecule has 1 N–H and O–H groups in total. The van der Waals surface area contributed by atoms with Crippen molar-refractivity contribution in [3.8, 4) is 11.5 Å². The van der Waals surface area contributed by atoms with Crippen molar-refractivity contribution in [2.45, 2.75) is 80.4 Å². The molecule has 1 heterocycles. The second kappa shape index (κ2) is 10.7. The van der Waals surface area contributed by atoms with E-state index in [1.165, 1.54) is 31.6 Å². The van der Waals surface area contributed by atoms with Crippen LogP contribution in [-0.4, -0.2) is 51.7 Å². The highest BCUT2D eigenvalue weighted by Gasteiger charge is 2.33. The van der Waals surface area contributed by atoms with E-state index in [0.717, 1.165) is 57.4 Å². The van der Waals surface area contributed by atoms with Gasteiger partial charge in [-0.25, -0.2) is 13.1 Å². The number of benzene rings is 2. The Balaban J connectivity index is 1.13. The number of sulfonamides is 1. The minimum Gasteiger partial charge on any atom is -0.495 e. The van der Waals surface area contributed by atoms with E-state index < -0.39 is 10.0 Å². The summed E-state index contributed by atoms with van der Waals surface area (Å²) in [5.41, 5.74) is 1.37. The van der Waals surface area contributed by atoms with E-state index in [4.69, 9.17) is 21.1 Å². The molecule has 35 heavy (non-hydrogen) atoms. The van der Waals surface area contributed by atoms with Gasteiger partial charge in [0.05, 0.1) is 13.2 Å². The van der Waals surface area contributed by atoms with Gasteiger partial charge < -0.3 is 14.4 Å². The Morgan fingerprint density at radius 1 is 0.914 bits per heavy atom. The fraction of sp³-hybridized carbons (Fsp3) is 0.556. The van der Waals surface area contributed by atoms with Crippen LogP contribution in [0.5, 0.6) is 11.5 Å². The summed E-state index contributed by atoms with van der Waals surface area (Å²) in [4.78, 5) is 2.72. The second-order valence-corrected chi connectivity index (χ2v) is 12.2. The highest BCUT2D eigenvalue weighted by atomic mass is 35.5. The minimum absolute atomic E-state index is 0.0658. The molecule has 0 atom stereocenters. The molecule has 3 fully saturated rings. The van der Waals surface area contributed by atoms with Gasteiger partial charge >= 0.3 is 0 Å². The topological polar surface area (TPSA) is 67.9 Å². The van der Waals surface area contributed by atoms with Crippen molar-refractivity contribution in [2.75, 3.05) is 20.2 Å². The zero-order valence-corrected chi connectivity index (χ0v) is 21.9. The van der Waals surface area contributed by atoms with Gasteiger partial charge in [0.25, 0.3) is 0 Å². The first-order valence-electron chi connectivity index (χ1n) is 12.8. The van der Waals surface area contributed by atoms with E-state index in [2.05, 4.69) is 33.9 Å². The number of hydrogen-bond donors (Lipinski definition) is 1. The molecule has 2 aliphatic carbocycles. The van der Waals surface area contributed by atoms with E-state index in [1.807, 2.05) is 0 Å². The normalized spacial score (nSPS) is 24.3. The van der Waals surface area contributed by atoms with E-state index >= 15 is 0 Å². The van der Waals surface area contributed by atoms with Gasteiger partial charge in [-0.2, -0.15) is 0 Å². The third-order valence-electron chi connectivity index (χ3n) is 7.66. The number of para-hydroxylation sites is 1. The van der Waals surface area contributed by atoms with Gasteiger partial charge in [0.15, 0.2) is 0 Å². The zero-order valence-electron chi connectivity index (χ0n) is 20.3. The average molecular weight is 519 g/mol. The molecule has 5 rings (SSSR count). The average Bonchev–Trinajstić information content (AvgIpc) is 3.69. The summed E-state index contributed by atoms with van der Waals surface area (Å²) in [5, 5.41) is 0.375. The fourth-order valence-corrected chi connectivity index (χ4v) is 7.31. The van der Waals surface area contributed by atoms with Crippen LogP contribution in [0.15, 0.2) is 47.4 Å². The maximum absolute atomic E-state index is 13.0. The predicted octanol–water partition coefficient (Wildman–Crippen LogP) is 5.36. The van der Waals surface area contributed by atoms with Crippen molar-refractivity contribution < 1.29 is 17.9 Å². The molecule has 190 valence electrons. The summed E-state index contributed by atoms with van der Waals surface area (Å²) in [5.74, 6) is 1.94. The summed E-state index contributed by atoms with van der Waals surface area (Å²) in [6, 6.07) is 13.7. The number of piperidine rings is 1. The number of ether oxygens (including phenoxy) is 2. The van der Waals surface area contributed by atoms with Crippen LogP contribution in [0.25, 0.3) is 0 Å². The van der Waals surface area contributed by atoms with Crippen LogP contribution < -0.4 is 14.2 Å². The Morgan fingerprint density at radius 2 is 1.63 bits per heavy atom. The summed E-state index contributed by atoms with van der Waals surface area (Å²) in [6.07, 6.45) is 8.76. The van der Waals surface area contributed by atoms with Gasteiger partial charge in [-0.15, -0.1) is 0 Å². The van der Waals surface area contributed by atoms with Gasteiger partial charge in [0.1, 0.15) is 16.4 Å². The molecule has 0 bridgehead atoms. The monoisotopic (exact) mass is 518 g/mol. The number of halogens is 1. The Kier molecular flexibility index (Phi) is 7.58. The van der Waals surface area contributed by atoms with Crippen molar-refractivity contribution >= 4 is 21.6 Å². The highest BCUT2D eigenvalue weighted by molar-refractivity contribution is 7.89. The van der Waals surface area contributed by atoms with Crippen molar-refractivity contribution in [1.29, 1.82) is 0 Å². The lowest BCUT2D eigenvalue weighted by atomic mass is 9.85. The molecule has 2 saturated carbocycles. The lowest BCUT2D eigenvalue weighted by Crippen LogP contribution is -2.46. The third-order valence-corrected chi connectivity index (χ3v) is 9.43. The second-order valence-electron chi connectivity index (χ2n) is 10.1. The molecule has 6 nitrogen and oxygen atoms in total. The highest BCUT2D eigenvalue weighted by Crippen LogP contribution is 2.38. The quantitative estimate of drug-likeness (QED) is 0.509. The minimum atomic E-state index is -3.70. The zero-order chi connectivity index (χ0) is 24.4. The largest absolute Gasteiger partial charge is 0.495 e. The SMILES string of the molecule is COc1ccc(Cl)cc1S(=O)(=O)N[C@H]1CC[C@H](N2CCC(c3ccccc3OC3CC3)CC2)CC1. The molecular weight excluding hydrogens is 484 g/mol. The van der Waals surface area contributed by atoms with Crippen molar-refractivity contribution in [1.82, 2.24) is 9.62 Å². The molecule has 0 radical (unpaired) electrons. The Hall–Kier alpha value is -1.80. The van der Waals surface area contributed by atoms with Crippen LogP contribution in [0.4, 0.5) is 0 Å². The lowest BCUT2D eigenvalue weighted by Gasteiger charge is -2.41. The Morgan fingerprint density at radius 3 is 2.31 bits per heavy atom. The van der Waals surface area contributed by atoms with Crippen LogP contribution in [0, 0.1) is 0 Å². The molecular formula is C27H35ClN2O4S. The molecule has 2 aromatic rings. The first-order valence-corrected chi connectivity index (χ1v) is 14.6. The third kappa shape index (κ3) is 5.96. The molecule has 0 aromatic heterocycles. The van der Waals surface area contributed by atoms with E-state index in [0.29, 0.717) is 28.8 Å². The van der Waals surface area contributed by atoms with E-state index in [9.17, 15) is 8.42 Å². The molecule has 0 unspecified atom stereocenters. The van der Waals surface area contributed by atoms with Crippen molar-refractivity contribution in [2.24, 2.45) is 0 Å². The molecule has 2 aromatic carbocycles. The van der Waals surface area contributed by atoms with Gasteiger partial charge in [0, 0.05) is 17.1 Å². The maximum atomic E-state index is 13.0. The molecule has 1 aliphatic heterocycles. The van der Waals surface area contributed by atoms with Gasteiger partial charge in [0.2, 0.25) is 10.0 Å². The lowest BCUT2D eigenvalue weighted by molar-refractivity contribution is 0.115. The fourth-order valence-electron chi connectivity index (χ4n) is 5.57. The Labute approximate surface area is 214 Å². The molecule has 0 amide bonds. The number of methoxy groups -OCH3 is 1. The first kappa shape index (κ1) is 24.9. The first-order chi connectivity index (χ1) is 16.9. The summed E-state index contributed by atoms with van der Waals surface area (Å²) >= 11 is 6.05. The summed E-state index contributed by atoms with van der Waals surface area (Å²) in [6.45, 7) is 2.17. The number of hydrogen-bond acceptors (Lipinski definition) is 5. The maximum Gasteiger partial charge on any atom is 0.244 e. The van der Waals surface area contributed by atoms with Gasteiger partial charge in [-0.1, -0.05) is 29.8 Å². The number of rotatable bonds is 8. The molecule has 3 aliphatic rings. The van der Waals surface area contributed by atoms with Crippen LogP contribution in [0.2, 0.25) is 5.02 Å². The smallest absolute Gasteiger partial charge is 0.244 e. The summed E-state index contributed by atoms with van der Waals surface area (Å²) < 4.78 is 40.3. The number of nitrogens with one attached hydrogen (secondary N) is 1. The van der Waals surface area contributed by atoms with Crippen LogP contribution in [-0.2, 0) is 10.0 Å². The van der Waals surface area contributed by atoms with Gasteiger partial charge in [-0.3, -0.25) is 0 Å². The molecule has 8 heteroatoms. The van der Waals surface area contributed by atoms with Crippen LogP contribution >= 0.6 is 11.6 Å². The van der Waals surface area contributed by atoms with Crippen molar-refractivity contribution in [3.05, 3.63) is 53.1 Å². The Bertz CT molecular complexity index is 1120. The molecule has 1 saturated heterocycles. The van der Waals surface area contributed by atoms with Crippen LogP contribution in [0.1, 0.15) is 62.8 Å². The van der Waals surface area contributed by atoms with Crippen molar-refractivity contribution in [3.63, 3.8) is 0 Å². The summed E-state index contributed by atoms with van der Waals surface area (Å²) in [7, 11) is -2.23. The number of nitrogens with zero attached hydrogens (tertiary/aromatic N) is 1. The van der Waals surface area contributed by atoms with Crippen LogP contribution in [0.3, 0.4) is 0 Å². The van der Waals surface area contributed by atoms with Gasteiger partial charge in [-0.05, 0) is 100 Å². The predicted molar refractivity (Wildman–Crippen MR) is 138 cm³/mol.